The highest BCUT2D eigenvalue weighted by Crippen LogP contribution is 2.18. The molecule has 1 aromatic heterocycles. The third-order valence-corrected chi connectivity index (χ3v) is 4.39. The van der Waals surface area contributed by atoms with Crippen LogP contribution in [0.15, 0.2) is 29.6 Å². The summed E-state index contributed by atoms with van der Waals surface area (Å²) in [6.07, 6.45) is 1.22. The van der Waals surface area contributed by atoms with Crippen molar-refractivity contribution < 1.29 is 4.79 Å². The Bertz CT molecular complexity index is 604. The van der Waals surface area contributed by atoms with Crippen molar-refractivity contribution in [1.29, 1.82) is 0 Å². The van der Waals surface area contributed by atoms with E-state index in [-0.39, 0.29) is 5.91 Å². The second-order valence-electron chi connectivity index (χ2n) is 5.52. The van der Waals surface area contributed by atoms with Gasteiger partial charge in [-0.2, -0.15) is 0 Å². The van der Waals surface area contributed by atoms with Crippen LogP contribution in [0.5, 0.6) is 0 Å². The van der Waals surface area contributed by atoms with Crippen molar-refractivity contribution >= 4 is 17.2 Å². The summed E-state index contributed by atoms with van der Waals surface area (Å²) in [5.41, 5.74) is 3.50. The summed E-state index contributed by atoms with van der Waals surface area (Å²) in [5, 5.41) is 6.11. The van der Waals surface area contributed by atoms with Crippen molar-refractivity contribution in [2.45, 2.75) is 46.1 Å². The van der Waals surface area contributed by atoms with E-state index in [1.807, 2.05) is 18.2 Å². The van der Waals surface area contributed by atoms with Gasteiger partial charge in [0.15, 0.2) is 0 Å². The molecule has 0 saturated carbocycles. The number of benzene rings is 1. The first-order valence-electron chi connectivity index (χ1n) is 7.31. The highest BCUT2D eigenvalue weighted by Gasteiger charge is 2.08. The Morgan fingerprint density at radius 2 is 2.10 bits per heavy atom. The minimum absolute atomic E-state index is 0.0829. The maximum absolute atomic E-state index is 11.9. The van der Waals surface area contributed by atoms with Crippen LogP contribution in [0.2, 0.25) is 0 Å². The summed E-state index contributed by atoms with van der Waals surface area (Å²) in [5.74, 6) is 0.532. The largest absolute Gasteiger partial charge is 0.352 e. The van der Waals surface area contributed by atoms with Gasteiger partial charge in [0.2, 0.25) is 5.91 Å². The predicted octanol–water partition coefficient (Wildman–Crippen LogP) is 3.82. The lowest BCUT2D eigenvalue weighted by Crippen LogP contribution is -2.23. The van der Waals surface area contributed by atoms with E-state index in [0.717, 1.165) is 17.1 Å². The molecule has 1 amide bonds. The molecule has 0 unspecified atom stereocenters. The number of hydrogen-bond acceptors (Lipinski definition) is 3. The number of aromatic nitrogens is 1. The Morgan fingerprint density at radius 3 is 2.76 bits per heavy atom. The summed E-state index contributed by atoms with van der Waals surface area (Å²) in [6.45, 7) is 6.92. The Balaban J connectivity index is 1.78. The molecule has 0 bridgehead atoms. The average Bonchev–Trinajstić information content (AvgIpc) is 2.93. The number of rotatable bonds is 6. The summed E-state index contributed by atoms with van der Waals surface area (Å²) in [7, 11) is 0. The van der Waals surface area contributed by atoms with E-state index in [1.165, 1.54) is 11.1 Å². The molecule has 1 aromatic carbocycles. The summed E-state index contributed by atoms with van der Waals surface area (Å²) in [6, 6.07) is 8.11. The Hall–Kier alpha value is -1.68. The number of nitrogens with one attached hydrogen (secondary N) is 1. The second kappa shape index (κ2) is 7.36. The molecule has 2 aromatic rings. The van der Waals surface area contributed by atoms with E-state index in [2.05, 4.69) is 42.5 Å². The number of carbonyl (C=O) groups is 1. The normalized spacial score (nSPS) is 10.9. The SMILES string of the molecule is Cc1ccccc1CNC(=O)CCc1nc(C(C)C)cs1. The fourth-order valence-electron chi connectivity index (χ4n) is 2.02. The summed E-state index contributed by atoms with van der Waals surface area (Å²) >= 11 is 1.65. The van der Waals surface area contributed by atoms with Gasteiger partial charge in [0, 0.05) is 24.8 Å². The molecule has 3 nitrogen and oxygen atoms in total. The first kappa shape index (κ1) is 15.7. The highest BCUT2D eigenvalue weighted by molar-refractivity contribution is 7.09. The molecule has 1 heterocycles. The molecule has 1 N–H and O–H groups in total. The lowest BCUT2D eigenvalue weighted by molar-refractivity contribution is -0.121. The van der Waals surface area contributed by atoms with E-state index in [1.54, 1.807) is 11.3 Å². The smallest absolute Gasteiger partial charge is 0.220 e. The molecule has 112 valence electrons. The Labute approximate surface area is 130 Å². The molecule has 0 saturated heterocycles. The van der Waals surface area contributed by atoms with Gasteiger partial charge in [-0.25, -0.2) is 4.98 Å². The molecule has 0 aliphatic carbocycles. The van der Waals surface area contributed by atoms with Crippen molar-refractivity contribution in [3.05, 3.63) is 51.5 Å². The van der Waals surface area contributed by atoms with Gasteiger partial charge in [-0.3, -0.25) is 4.79 Å². The minimum Gasteiger partial charge on any atom is -0.352 e. The maximum Gasteiger partial charge on any atom is 0.220 e. The van der Waals surface area contributed by atoms with Crippen LogP contribution in [0.3, 0.4) is 0 Å². The predicted molar refractivity (Wildman–Crippen MR) is 87.5 cm³/mol. The molecule has 0 aliphatic heterocycles. The standard InChI is InChI=1S/C17H22N2OS/c1-12(2)15-11-21-17(19-15)9-8-16(20)18-10-14-7-5-4-6-13(14)3/h4-7,11-12H,8-10H2,1-3H3,(H,18,20). The summed E-state index contributed by atoms with van der Waals surface area (Å²) < 4.78 is 0. The Kier molecular flexibility index (Phi) is 5.51. The lowest BCUT2D eigenvalue weighted by atomic mass is 10.1. The molecule has 0 spiro atoms. The zero-order valence-corrected chi connectivity index (χ0v) is 13.7. The number of thiazole rings is 1. The monoisotopic (exact) mass is 302 g/mol. The van der Waals surface area contributed by atoms with E-state index in [0.29, 0.717) is 18.9 Å². The summed E-state index contributed by atoms with van der Waals surface area (Å²) in [4.78, 5) is 16.5. The van der Waals surface area contributed by atoms with Crippen LogP contribution in [-0.2, 0) is 17.8 Å². The van der Waals surface area contributed by atoms with Crippen LogP contribution in [0.1, 0.15) is 48.0 Å². The number of hydrogen-bond donors (Lipinski definition) is 1. The number of nitrogens with zero attached hydrogens (tertiary/aromatic N) is 1. The van der Waals surface area contributed by atoms with Crippen LogP contribution in [0.25, 0.3) is 0 Å². The molecular formula is C17H22N2OS. The van der Waals surface area contributed by atoms with Crippen LogP contribution in [0.4, 0.5) is 0 Å². The van der Waals surface area contributed by atoms with Crippen LogP contribution < -0.4 is 5.32 Å². The highest BCUT2D eigenvalue weighted by atomic mass is 32.1. The van der Waals surface area contributed by atoms with Gasteiger partial charge in [0.1, 0.15) is 0 Å². The molecule has 0 atom stereocenters. The van der Waals surface area contributed by atoms with E-state index >= 15 is 0 Å². The lowest BCUT2D eigenvalue weighted by Gasteiger charge is -2.07. The fourth-order valence-corrected chi connectivity index (χ4v) is 2.98. The second-order valence-corrected chi connectivity index (χ2v) is 6.47. The van der Waals surface area contributed by atoms with E-state index in [4.69, 9.17) is 0 Å². The first-order valence-corrected chi connectivity index (χ1v) is 8.19. The van der Waals surface area contributed by atoms with E-state index < -0.39 is 0 Å². The zero-order valence-electron chi connectivity index (χ0n) is 12.8. The number of amides is 1. The molecule has 0 radical (unpaired) electrons. The van der Waals surface area contributed by atoms with Gasteiger partial charge in [-0.1, -0.05) is 38.1 Å². The topological polar surface area (TPSA) is 42.0 Å². The molecule has 2 rings (SSSR count). The van der Waals surface area contributed by atoms with Crippen LogP contribution in [-0.4, -0.2) is 10.9 Å². The van der Waals surface area contributed by atoms with Gasteiger partial charge in [-0.15, -0.1) is 11.3 Å². The maximum atomic E-state index is 11.9. The molecule has 0 aliphatic rings. The van der Waals surface area contributed by atoms with Gasteiger partial charge in [0.05, 0.1) is 10.7 Å². The van der Waals surface area contributed by atoms with Crippen LogP contribution >= 0.6 is 11.3 Å². The molecule has 21 heavy (non-hydrogen) atoms. The number of carbonyl (C=O) groups excluding carboxylic acids is 1. The third-order valence-electron chi connectivity index (χ3n) is 3.46. The van der Waals surface area contributed by atoms with Crippen molar-refractivity contribution in [2.75, 3.05) is 0 Å². The van der Waals surface area contributed by atoms with Crippen molar-refractivity contribution in [3.8, 4) is 0 Å². The average molecular weight is 302 g/mol. The van der Waals surface area contributed by atoms with Gasteiger partial charge in [-0.05, 0) is 24.0 Å². The minimum atomic E-state index is 0.0829. The zero-order chi connectivity index (χ0) is 15.2. The van der Waals surface area contributed by atoms with Gasteiger partial charge >= 0.3 is 0 Å². The number of aryl methyl sites for hydroxylation is 2. The first-order chi connectivity index (χ1) is 10.1. The van der Waals surface area contributed by atoms with Crippen LogP contribution in [0, 0.1) is 6.92 Å². The molecule has 4 heteroatoms. The van der Waals surface area contributed by atoms with Crippen molar-refractivity contribution in [2.24, 2.45) is 0 Å². The van der Waals surface area contributed by atoms with Crippen molar-refractivity contribution in [3.63, 3.8) is 0 Å². The Morgan fingerprint density at radius 1 is 1.33 bits per heavy atom. The van der Waals surface area contributed by atoms with E-state index in [9.17, 15) is 4.79 Å². The molecular weight excluding hydrogens is 280 g/mol. The van der Waals surface area contributed by atoms with Crippen molar-refractivity contribution in [1.82, 2.24) is 10.3 Å². The molecule has 0 fully saturated rings. The fraction of sp³-hybridized carbons (Fsp3) is 0.412. The van der Waals surface area contributed by atoms with Gasteiger partial charge < -0.3 is 5.32 Å². The van der Waals surface area contributed by atoms with Gasteiger partial charge in [0.25, 0.3) is 0 Å². The quantitative estimate of drug-likeness (QED) is 0.881. The third kappa shape index (κ3) is 4.67.